The summed E-state index contributed by atoms with van der Waals surface area (Å²) in [4.78, 5) is 11.2. The first-order valence-corrected chi connectivity index (χ1v) is 8.18. The molecule has 104 valence electrons. The Bertz CT molecular complexity index is 585. The van der Waals surface area contributed by atoms with E-state index in [2.05, 4.69) is 0 Å². The number of aromatic carboxylic acids is 1. The molecule has 0 aromatic heterocycles. The number of benzene rings is 1. The molecule has 1 aliphatic carbocycles. The summed E-state index contributed by atoms with van der Waals surface area (Å²) >= 11 is 0. The van der Waals surface area contributed by atoms with Crippen LogP contribution >= 0.6 is 0 Å². The highest BCUT2D eigenvalue weighted by Crippen LogP contribution is 2.33. The molecule has 0 atom stereocenters. The monoisotopic (exact) mass is 282 g/mol. The molecule has 4 nitrogen and oxygen atoms in total. The van der Waals surface area contributed by atoms with E-state index in [1.807, 2.05) is 6.92 Å². The zero-order valence-electron chi connectivity index (χ0n) is 10.9. The number of carbonyl (C=O) groups is 1. The lowest BCUT2D eigenvalue weighted by Crippen LogP contribution is -2.11. The second-order valence-electron chi connectivity index (χ2n) is 5.03. The van der Waals surface area contributed by atoms with Crippen molar-refractivity contribution in [1.29, 1.82) is 0 Å². The molecule has 19 heavy (non-hydrogen) atoms. The van der Waals surface area contributed by atoms with Gasteiger partial charge in [-0.25, -0.2) is 13.2 Å². The van der Waals surface area contributed by atoms with Crippen molar-refractivity contribution in [2.75, 3.05) is 5.75 Å². The van der Waals surface area contributed by atoms with Gasteiger partial charge in [-0.3, -0.25) is 0 Å². The van der Waals surface area contributed by atoms with Crippen LogP contribution in [0.3, 0.4) is 0 Å². The van der Waals surface area contributed by atoms with Gasteiger partial charge in [0.25, 0.3) is 0 Å². The minimum atomic E-state index is -3.38. The lowest BCUT2D eigenvalue weighted by molar-refractivity contribution is 0.0696. The molecule has 1 fully saturated rings. The summed E-state index contributed by atoms with van der Waals surface area (Å²) in [5.41, 5.74) is 0.725. The maximum absolute atomic E-state index is 12.3. The molecule has 2 rings (SSSR count). The van der Waals surface area contributed by atoms with Crippen LogP contribution in [0.5, 0.6) is 0 Å². The zero-order chi connectivity index (χ0) is 14.0. The van der Waals surface area contributed by atoms with Crippen LogP contribution in [0.4, 0.5) is 0 Å². The van der Waals surface area contributed by atoms with E-state index in [1.165, 1.54) is 12.1 Å². The highest BCUT2D eigenvalue weighted by atomic mass is 32.2. The fourth-order valence-electron chi connectivity index (χ4n) is 2.11. The average molecular weight is 282 g/mol. The molecule has 1 aromatic carbocycles. The molecule has 0 saturated heterocycles. The summed E-state index contributed by atoms with van der Waals surface area (Å²) < 4.78 is 24.7. The van der Waals surface area contributed by atoms with Crippen LogP contribution in [0.25, 0.3) is 0 Å². The van der Waals surface area contributed by atoms with Crippen molar-refractivity contribution < 1.29 is 18.3 Å². The van der Waals surface area contributed by atoms with Gasteiger partial charge in [-0.05, 0) is 36.5 Å². The lowest BCUT2D eigenvalue weighted by Gasteiger charge is -2.10. The van der Waals surface area contributed by atoms with Gasteiger partial charge in [-0.1, -0.05) is 25.8 Å². The van der Waals surface area contributed by atoms with Crippen molar-refractivity contribution in [3.8, 4) is 0 Å². The summed E-state index contributed by atoms with van der Waals surface area (Å²) in [7, 11) is -3.38. The molecule has 0 spiro atoms. The fraction of sp³-hybridized carbons (Fsp3) is 0.500. The highest BCUT2D eigenvalue weighted by Gasteiger charge is 2.26. The Balaban J connectivity index is 2.33. The number of aryl methyl sites for hydroxylation is 1. The molecule has 1 saturated carbocycles. The van der Waals surface area contributed by atoms with Gasteiger partial charge >= 0.3 is 5.97 Å². The standard InChI is InChI=1S/C14H18O4S/c1-2-11-5-6-12(14(15)16)9-13(11)19(17,18)8-7-10-3-4-10/h5-6,9-10H,2-4,7-8H2,1H3,(H,15,16). The molecule has 0 radical (unpaired) electrons. The predicted molar refractivity (Wildman–Crippen MR) is 72.2 cm³/mol. The topological polar surface area (TPSA) is 71.4 Å². The van der Waals surface area contributed by atoms with Crippen molar-refractivity contribution >= 4 is 15.8 Å². The van der Waals surface area contributed by atoms with Gasteiger partial charge in [-0.15, -0.1) is 0 Å². The molecule has 1 N–H and O–H groups in total. The molecule has 0 heterocycles. The normalized spacial score (nSPS) is 15.4. The molecule has 1 aromatic rings. The van der Waals surface area contributed by atoms with Gasteiger partial charge in [-0.2, -0.15) is 0 Å². The maximum atomic E-state index is 12.3. The lowest BCUT2D eigenvalue weighted by atomic mass is 10.1. The van der Waals surface area contributed by atoms with E-state index >= 15 is 0 Å². The SMILES string of the molecule is CCc1ccc(C(=O)O)cc1S(=O)(=O)CCC1CC1. The molecular formula is C14H18O4S. The Morgan fingerprint density at radius 2 is 2.05 bits per heavy atom. The Kier molecular flexibility index (Phi) is 3.94. The molecule has 1 aliphatic rings. The van der Waals surface area contributed by atoms with Gasteiger partial charge in [0.1, 0.15) is 0 Å². The van der Waals surface area contributed by atoms with Crippen LogP contribution < -0.4 is 0 Å². The van der Waals surface area contributed by atoms with Gasteiger partial charge in [0.05, 0.1) is 16.2 Å². The van der Waals surface area contributed by atoms with Crippen LogP contribution in [0.1, 0.15) is 42.1 Å². The number of sulfone groups is 1. The predicted octanol–water partition coefficient (Wildman–Crippen LogP) is 2.52. The summed E-state index contributed by atoms with van der Waals surface area (Å²) in [6.07, 6.45) is 3.50. The number of rotatable bonds is 6. The van der Waals surface area contributed by atoms with Crippen LogP contribution in [-0.2, 0) is 16.3 Å². The third-order valence-corrected chi connectivity index (χ3v) is 5.35. The third-order valence-electron chi connectivity index (χ3n) is 3.52. The molecule has 0 aliphatic heterocycles. The van der Waals surface area contributed by atoms with E-state index < -0.39 is 15.8 Å². The maximum Gasteiger partial charge on any atom is 0.335 e. The first kappa shape index (κ1) is 14.1. The molecule has 0 unspecified atom stereocenters. The van der Waals surface area contributed by atoms with E-state index in [0.29, 0.717) is 24.3 Å². The van der Waals surface area contributed by atoms with E-state index in [9.17, 15) is 13.2 Å². The minimum absolute atomic E-state index is 0.0298. The minimum Gasteiger partial charge on any atom is -0.478 e. The number of hydrogen-bond donors (Lipinski definition) is 1. The first-order valence-electron chi connectivity index (χ1n) is 6.53. The van der Waals surface area contributed by atoms with Crippen LogP contribution in [0.2, 0.25) is 0 Å². The summed E-state index contributed by atoms with van der Waals surface area (Å²) in [6, 6.07) is 4.36. The summed E-state index contributed by atoms with van der Waals surface area (Å²) in [5.74, 6) is -0.433. The smallest absolute Gasteiger partial charge is 0.335 e. The molecule has 5 heteroatoms. The number of hydrogen-bond acceptors (Lipinski definition) is 3. The molecule has 0 bridgehead atoms. The van der Waals surface area contributed by atoms with E-state index in [0.717, 1.165) is 12.8 Å². The van der Waals surface area contributed by atoms with Crippen LogP contribution in [-0.4, -0.2) is 25.2 Å². The number of carboxylic acid groups (broad SMARTS) is 1. The fourth-order valence-corrected chi connectivity index (χ4v) is 3.89. The van der Waals surface area contributed by atoms with E-state index in [1.54, 1.807) is 6.07 Å². The second-order valence-corrected chi connectivity index (χ2v) is 7.11. The van der Waals surface area contributed by atoms with Gasteiger partial charge in [0, 0.05) is 0 Å². The Hall–Kier alpha value is -1.36. The van der Waals surface area contributed by atoms with Gasteiger partial charge in [0.2, 0.25) is 0 Å². The van der Waals surface area contributed by atoms with Gasteiger partial charge < -0.3 is 5.11 Å². The van der Waals surface area contributed by atoms with Crippen molar-refractivity contribution in [2.24, 2.45) is 5.92 Å². The first-order chi connectivity index (χ1) is 8.94. The third kappa shape index (κ3) is 3.35. The summed E-state index contributed by atoms with van der Waals surface area (Å²) in [6.45, 7) is 1.87. The second kappa shape index (κ2) is 5.33. The zero-order valence-corrected chi connectivity index (χ0v) is 11.7. The average Bonchev–Trinajstić information content (AvgIpc) is 3.19. The van der Waals surface area contributed by atoms with Crippen LogP contribution in [0.15, 0.2) is 23.1 Å². The molecule has 0 amide bonds. The van der Waals surface area contributed by atoms with Crippen LogP contribution in [0, 0.1) is 5.92 Å². The van der Waals surface area contributed by atoms with Crippen molar-refractivity contribution in [2.45, 2.75) is 37.5 Å². The Morgan fingerprint density at radius 3 is 2.58 bits per heavy atom. The van der Waals surface area contributed by atoms with Crippen molar-refractivity contribution in [3.63, 3.8) is 0 Å². The number of carboxylic acids is 1. The molecular weight excluding hydrogens is 264 g/mol. The Morgan fingerprint density at radius 1 is 1.37 bits per heavy atom. The van der Waals surface area contributed by atoms with Crippen molar-refractivity contribution in [3.05, 3.63) is 29.3 Å². The highest BCUT2D eigenvalue weighted by molar-refractivity contribution is 7.91. The van der Waals surface area contributed by atoms with Crippen molar-refractivity contribution in [1.82, 2.24) is 0 Å². The van der Waals surface area contributed by atoms with E-state index in [4.69, 9.17) is 5.11 Å². The summed E-state index contributed by atoms with van der Waals surface area (Å²) in [5, 5.41) is 8.97. The van der Waals surface area contributed by atoms with E-state index in [-0.39, 0.29) is 16.2 Å². The quantitative estimate of drug-likeness (QED) is 0.870. The van der Waals surface area contributed by atoms with Gasteiger partial charge in [0.15, 0.2) is 9.84 Å². The largest absolute Gasteiger partial charge is 0.478 e. The Labute approximate surface area is 113 Å².